The van der Waals surface area contributed by atoms with Crippen molar-refractivity contribution in [2.45, 2.75) is 0 Å². The summed E-state index contributed by atoms with van der Waals surface area (Å²) in [4.78, 5) is 23.4. The molecule has 0 aromatic carbocycles. The number of carboxylic acid groups (broad SMARTS) is 2. The molecular formula is C7H3F2NO4. The van der Waals surface area contributed by atoms with Gasteiger partial charge in [0.05, 0.1) is 5.56 Å². The lowest BCUT2D eigenvalue weighted by molar-refractivity contribution is 0.0644. The third-order valence-electron chi connectivity index (χ3n) is 1.37. The summed E-state index contributed by atoms with van der Waals surface area (Å²) in [6, 6.07) is 0.272. The Morgan fingerprint density at radius 2 is 1.79 bits per heavy atom. The van der Waals surface area contributed by atoms with Crippen LogP contribution >= 0.6 is 0 Å². The second-order valence-electron chi connectivity index (χ2n) is 2.27. The quantitative estimate of drug-likeness (QED) is 0.692. The number of halogens is 2. The maximum absolute atomic E-state index is 12.5. The molecule has 0 fully saturated rings. The van der Waals surface area contributed by atoms with Crippen LogP contribution in [0.5, 0.6) is 0 Å². The molecule has 0 saturated carbocycles. The number of aromatic nitrogens is 1. The van der Waals surface area contributed by atoms with Crippen molar-refractivity contribution in [2.75, 3.05) is 0 Å². The van der Waals surface area contributed by atoms with Crippen molar-refractivity contribution in [2.24, 2.45) is 0 Å². The number of rotatable bonds is 2. The molecule has 0 amide bonds. The molecule has 0 aliphatic rings. The van der Waals surface area contributed by atoms with Crippen LogP contribution in [-0.4, -0.2) is 27.1 Å². The van der Waals surface area contributed by atoms with Crippen LogP contribution in [0.3, 0.4) is 0 Å². The van der Waals surface area contributed by atoms with Gasteiger partial charge in [-0.05, 0) is 6.07 Å². The third kappa shape index (κ3) is 1.65. The molecule has 0 spiro atoms. The Morgan fingerprint density at radius 1 is 1.21 bits per heavy atom. The monoisotopic (exact) mass is 203 g/mol. The smallest absolute Gasteiger partial charge is 0.355 e. The van der Waals surface area contributed by atoms with Gasteiger partial charge in [0, 0.05) is 0 Å². The van der Waals surface area contributed by atoms with E-state index in [9.17, 15) is 18.4 Å². The Bertz CT molecular complexity index is 379. The lowest BCUT2D eigenvalue weighted by Crippen LogP contribution is -2.13. The number of carboxylic acids is 2. The summed E-state index contributed by atoms with van der Waals surface area (Å²) < 4.78 is 24.9. The van der Waals surface area contributed by atoms with Crippen molar-refractivity contribution in [1.29, 1.82) is 0 Å². The molecule has 1 heterocycles. The maximum atomic E-state index is 12.5. The van der Waals surface area contributed by atoms with Crippen molar-refractivity contribution < 1.29 is 28.6 Å². The molecule has 0 saturated heterocycles. The van der Waals surface area contributed by atoms with Crippen molar-refractivity contribution >= 4 is 11.9 Å². The average molecular weight is 203 g/mol. The largest absolute Gasteiger partial charge is 0.478 e. The molecule has 74 valence electrons. The van der Waals surface area contributed by atoms with Gasteiger partial charge in [0.2, 0.25) is 5.95 Å². The number of aromatic carboxylic acids is 2. The highest BCUT2D eigenvalue weighted by molar-refractivity contribution is 6.00. The summed E-state index contributed by atoms with van der Waals surface area (Å²) in [5.74, 6) is -6.57. The minimum Gasteiger partial charge on any atom is -0.478 e. The van der Waals surface area contributed by atoms with Crippen LogP contribution in [0.15, 0.2) is 6.07 Å². The van der Waals surface area contributed by atoms with Gasteiger partial charge in [0.15, 0.2) is 11.5 Å². The first-order valence-electron chi connectivity index (χ1n) is 3.26. The lowest BCUT2D eigenvalue weighted by Gasteiger charge is -2.00. The zero-order valence-electron chi connectivity index (χ0n) is 6.49. The van der Waals surface area contributed by atoms with Crippen molar-refractivity contribution in [3.8, 4) is 0 Å². The topological polar surface area (TPSA) is 87.5 Å². The van der Waals surface area contributed by atoms with Gasteiger partial charge >= 0.3 is 11.9 Å². The second-order valence-corrected chi connectivity index (χ2v) is 2.27. The Kier molecular flexibility index (Phi) is 2.41. The summed E-state index contributed by atoms with van der Waals surface area (Å²) in [6.07, 6.45) is 0. The van der Waals surface area contributed by atoms with Gasteiger partial charge in [-0.2, -0.15) is 4.39 Å². The Morgan fingerprint density at radius 3 is 2.21 bits per heavy atom. The molecule has 14 heavy (non-hydrogen) atoms. The molecule has 0 bridgehead atoms. The summed E-state index contributed by atoms with van der Waals surface area (Å²) >= 11 is 0. The summed E-state index contributed by atoms with van der Waals surface area (Å²) in [6.45, 7) is 0. The third-order valence-corrected chi connectivity index (χ3v) is 1.37. The summed E-state index contributed by atoms with van der Waals surface area (Å²) in [5.41, 5.74) is -1.92. The zero-order chi connectivity index (χ0) is 10.9. The molecule has 2 N–H and O–H groups in total. The minimum atomic E-state index is -1.73. The molecule has 1 aromatic heterocycles. The van der Waals surface area contributed by atoms with Gasteiger partial charge in [-0.1, -0.05) is 0 Å². The van der Waals surface area contributed by atoms with E-state index in [4.69, 9.17) is 10.2 Å². The SMILES string of the molecule is O=C(O)c1cc(F)c(F)nc1C(=O)O. The highest BCUT2D eigenvalue weighted by Gasteiger charge is 2.21. The van der Waals surface area contributed by atoms with E-state index in [2.05, 4.69) is 4.98 Å². The molecule has 7 heteroatoms. The van der Waals surface area contributed by atoms with Crippen LogP contribution in [0.4, 0.5) is 8.78 Å². The van der Waals surface area contributed by atoms with E-state index in [1.54, 1.807) is 0 Å². The first-order valence-corrected chi connectivity index (χ1v) is 3.26. The number of pyridine rings is 1. The van der Waals surface area contributed by atoms with E-state index in [0.29, 0.717) is 0 Å². The standard InChI is InChI=1S/C7H3F2NO4/c8-3-1-2(6(11)12)4(7(13)14)10-5(3)9/h1H,(H,11,12)(H,13,14). The van der Waals surface area contributed by atoms with Crippen LogP contribution in [-0.2, 0) is 0 Å². The number of hydrogen-bond acceptors (Lipinski definition) is 3. The molecule has 0 aliphatic heterocycles. The average Bonchev–Trinajstić information content (AvgIpc) is 2.08. The van der Waals surface area contributed by atoms with Crippen LogP contribution in [0.1, 0.15) is 20.8 Å². The molecule has 0 unspecified atom stereocenters. The van der Waals surface area contributed by atoms with E-state index in [-0.39, 0.29) is 6.07 Å². The summed E-state index contributed by atoms with van der Waals surface area (Å²) in [5, 5.41) is 16.9. The van der Waals surface area contributed by atoms with Gasteiger partial charge in [-0.3, -0.25) is 0 Å². The fourth-order valence-electron chi connectivity index (χ4n) is 0.792. The molecule has 1 rings (SSSR count). The Hall–Kier alpha value is -2.05. The van der Waals surface area contributed by atoms with Gasteiger partial charge in [0.25, 0.3) is 0 Å². The van der Waals surface area contributed by atoms with E-state index in [1.807, 2.05) is 0 Å². The van der Waals surface area contributed by atoms with Gasteiger partial charge in [-0.15, -0.1) is 0 Å². The molecule has 0 atom stereocenters. The van der Waals surface area contributed by atoms with Gasteiger partial charge in [0.1, 0.15) is 0 Å². The zero-order valence-corrected chi connectivity index (χ0v) is 6.49. The molecule has 5 nitrogen and oxygen atoms in total. The highest BCUT2D eigenvalue weighted by atomic mass is 19.2. The van der Waals surface area contributed by atoms with Gasteiger partial charge in [-0.25, -0.2) is 19.0 Å². The fourth-order valence-corrected chi connectivity index (χ4v) is 0.792. The van der Waals surface area contributed by atoms with Crippen LogP contribution in [0, 0.1) is 11.8 Å². The van der Waals surface area contributed by atoms with Crippen molar-refractivity contribution in [3.05, 3.63) is 29.1 Å². The molecular weight excluding hydrogens is 200 g/mol. The molecule has 0 radical (unpaired) electrons. The normalized spacial score (nSPS) is 9.86. The predicted octanol–water partition coefficient (Wildman–Crippen LogP) is 0.756. The van der Waals surface area contributed by atoms with E-state index >= 15 is 0 Å². The Labute approximate surface area is 75.6 Å². The van der Waals surface area contributed by atoms with E-state index in [0.717, 1.165) is 0 Å². The van der Waals surface area contributed by atoms with Crippen LogP contribution in [0.25, 0.3) is 0 Å². The van der Waals surface area contributed by atoms with Crippen molar-refractivity contribution in [3.63, 3.8) is 0 Å². The lowest BCUT2D eigenvalue weighted by atomic mass is 10.2. The van der Waals surface area contributed by atoms with Crippen LogP contribution in [0.2, 0.25) is 0 Å². The van der Waals surface area contributed by atoms with E-state index in [1.165, 1.54) is 0 Å². The second kappa shape index (κ2) is 3.36. The molecule has 1 aromatic rings. The van der Waals surface area contributed by atoms with Crippen molar-refractivity contribution in [1.82, 2.24) is 4.98 Å². The number of hydrogen-bond donors (Lipinski definition) is 2. The van der Waals surface area contributed by atoms with E-state index < -0.39 is 35.0 Å². The first-order chi connectivity index (χ1) is 6.43. The number of carbonyl (C=O) groups is 2. The minimum absolute atomic E-state index is 0.272. The molecule has 0 aliphatic carbocycles. The highest BCUT2D eigenvalue weighted by Crippen LogP contribution is 2.11. The number of nitrogens with zero attached hydrogens (tertiary/aromatic N) is 1. The van der Waals surface area contributed by atoms with Gasteiger partial charge < -0.3 is 10.2 Å². The Balaban J connectivity index is 3.46. The summed E-state index contributed by atoms with van der Waals surface area (Å²) in [7, 11) is 0. The fraction of sp³-hybridized carbons (Fsp3) is 0. The predicted molar refractivity (Wildman–Crippen MR) is 38.1 cm³/mol. The van der Waals surface area contributed by atoms with Crippen LogP contribution < -0.4 is 0 Å². The first kappa shape index (κ1) is 10.0. The maximum Gasteiger partial charge on any atom is 0.355 e.